The van der Waals surface area contributed by atoms with Gasteiger partial charge in [-0.15, -0.1) is 0 Å². The lowest BCUT2D eigenvalue weighted by Gasteiger charge is -2.20. The maximum absolute atomic E-state index is 3.78. The van der Waals surface area contributed by atoms with E-state index in [1.165, 1.54) is 12.8 Å². The zero-order valence-electron chi connectivity index (χ0n) is 7.54. The van der Waals surface area contributed by atoms with E-state index in [2.05, 4.69) is 46.9 Å². The standard InChI is InChI=1S/C9H16BrN2/c1-3-5-6-11-7-8-12(10,4-2)9-11/h4,7-8H,2-3,5-6,9H2,1H3/q+1. The Labute approximate surface area is 83.1 Å². The van der Waals surface area contributed by atoms with Crippen LogP contribution in [0.4, 0.5) is 0 Å². The maximum atomic E-state index is 3.78. The Morgan fingerprint density at radius 2 is 2.50 bits per heavy atom. The van der Waals surface area contributed by atoms with Crippen LogP contribution in [-0.4, -0.2) is 21.6 Å². The first-order valence-corrected chi connectivity index (χ1v) is 5.05. The molecule has 1 aliphatic heterocycles. The van der Waals surface area contributed by atoms with Crippen LogP contribution in [0.2, 0.25) is 0 Å². The lowest BCUT2D eigenvalue weighted by Crippen LogP contribution is -2.30. The fourth-order valence-electron chi connectivity index (χ4n) is 1.20. The van der Waals surface area contributed by atoms with Crippen molar-refractivity contribution in [3.05, 3.63) is 25.2 Å². The lowest BCUT2D eigenvalue weighted by atomic mass is 10.3. The van der Waals surface area contributed by atoms with E-state index in [0.717, 1.165) is 13.2 Å². The summed E-state index contributed by atoms with van der Waals surface area (Å²) in [6.45, 7) is 8.10. The van der Waals surface area contributed by atoms with Crippen LogP contribution < -0.4 is 0 Å². The Kier molecular flexibility index (Phi) is 3.35. The third kappa shape index (κ3) is 2.35. The molecular formula is C9H16BrN2+. The molecule has 68 valence electrons. The topological polar surface area (TPSA) is 3.24 Å². The molecular weight excluding hydrogens is 216 g/mol. The fourth-order valence-corrected chi connectivity index (χ4v) is 1.60. The van der Waals surface area contributed by atoms with E-state index < -0.39 is 0 Å². The number of quaternary nitrogens is 1. The van der Waals surface area contributed by atoms with Crippen molar-refractivity contribution >= 4 is 16.1 Å². The molecule has 0 aliphatic carbocycles. The molecule has 1 atom stereocenters. The molecule has 0 bridgehead atoms. The zero-order valence-corrected chi connectivity index (χ0v) is 9.13. The van der Waals surface area contributed by atoms with Crippen LogP contribution in [0.15, 0.2) is 25.2 Å². The van der Waals surface area contributed by atoms with Crippen molar-refractivity contribution in [1.29, 1.82) is 0 Å². The minimum absolute atomic E-state index is 0.650. The Balaban J connectivity index is 2.37. The molecule has 12 heavy (non-hydrogen) atoms. The first kappa shape index (κ1) is 9.81. The van der Waals surface area contributed by atoms with E-state index >= 15 is 0 Å². The number of hydrogen-bond donors (Lipinski definition) is 0. The van der Waals surface area contributed by atoms with Crippen LogP contribution in [0.25, 0.3) is 0 Å². The average Bonchev–Trinajstić information content (AvgIpc) is 2.45. The van der Waals surface area contributed by atoms with Gasteiger partial charge >= 0.3 is 0 Å². The molecule has 0 aromatic rings. The summed E-state index contributed by atoms with van der Waals surface area (Å²) >= 11 is 3.57. The van der Waals surface area contributed by atoms with Gasteiger partial charge in [-0.1, -0.05) is 13.3 Å². The van der Waals surface area contributed by atoms with Gasteiger partial charge in [-0.25, -0.2) is 0 Å². The second kappa shape index (κ2) is 4.10. The predicted molar refractivity (Wildman–Crippen MR) is 55.0 cm³/mol. The molecule has 0 radical (unpaired) electrons. The number of halogens is 1. The van der Waals surface area contributed by atoms with Crippen molar-refractivity contribution < 1.29 is 3.51 Å². The van der Waals surface area contributed by atoms with Gasteiger partial charge in [0.05, 0.1) is 6.20 Å². The number of unbranched alkanes of at least 4 members (excludes halogenated alkanes) is 1. The number of hydrogen-bond acceptors (Lipinski definition) is 1. The highest BCUT2D eigenvalue weighted by Crippen LogP contribution is 2.24. The minimum Gasteiger partial charge on any atom is -0.325 e. The van der Waals surface area contributed by atoms with Gasteiger partial charge in [-0.2, -0.15) is 3.51 Å². The summed E-state index contributed by atoms with van der Waals surface area (Å²) < 4.78 is 0.650. The lowest BCUT2D eigenvalue weighted by molar-refractivity contribution is -0.666. The summed E-state index contributed by atoms with van der Waals surface area (Å²) in [7, 11) is 0. The summed E-state index contributed by atoms with van der Waals surface area (Å²) in [5.74, 6) is 0. The van der Waals surface area contributed by atoms with Crippen LogP contribution in [0.3, 0.4) is 0 Å². The number of rotatable bonds is 4. The van der Waals surface area contributed by atoms with E-state index in [-0.39, 0.29) is 0 Å². The van der Waals surface area contributed by atoms with Crippen molar-refractivity contribution in [2.45, 2.75) is 19.8 Å². The molecule has 0 aromatic carbocycles. The molecule has 1 rings (SSSR count). The highest BCUT2D eigenvalue weighted by atomic mass is 79.9. The summed E-state index contributed by atoms with van der Waals surface area (Å²) in [6, 6.07) is 0. The molecule has 3 heteroatoms. The SMILES string of the molecule is C=C[N+]1(Br)C=CN(CCCC)C1. The molecule has 0 saturated carbocycles. The van der Waals surface area contributed by atoms with Crippen LogP contribution in [0.1, 0.15) is 19.8 Å². The van der Waals surface area contributed by atoms with E-state index in [1.54, 1.807) is 0 Å². The third-order valence-electron chi connectivity index (χ3n) is 2.03. The first-order chi connectivity index (χ1) is 5.70. The minimum atomic E-state index is 0.650. The van der Waals surface area contributed by atoms with Gasteiger partial charge < -0.3 is 4.90 Å². The van der Waals surface area contributed by atoms with E-state index in [1.807, 2.05) is 6.20 Å². The van der Waals surface area contributed by atoms with E-state index in [0.29, 0.717) is 3.51 Å². The fraction of sp³-hybridized carbons (Fsp3) is 0.556. The van der Waals surface area contributed by atoms with Gasteiger partial charge in [0.2, 0.25) is 16.1 Å². The van der Waals surface area contributed by atoms with Crippen LogP contribution in [-0.2, 0) is 0 Å². The largest absolute Gasteiger partial charge is 0.325 e. The Bertz CT molecular complexity index is 191. The molecule has 2 nitrogen and oxygen atoms in total. The highest BCUT2D eigenvalue weighted by Gasteiger charge is 2.26. The zero-order chi connectivity index (χ0) is 9.03. The normalized spacial score (nSPS) is 28.0. The molecule has 1 aliphatic rings. The maximum Gasteiger partial charge on any atom is 0.240 e. The van der Waals surface area contributed by atoms with Crippen molar-refractivity contribution in [2.75, 3.05) is 13.2 Å². The Morgan fingerprint density at radius 1 is 1.75 bits per heavy atom. The first-order valence-electron chi connectivity index (χ1n) is 4.34. The molecule has 1 unspecified atom stereocenters. The molecule has 1 heterocycles. The van der Waals surface area contributed by atoms with Crippen molar-refractivity contribution in [1.82, 2.24) is 4.90 Å². The van der Waals surface area contributed by atoms with E-state index in [9.17, 15) is 0 Å². The monoisotopic (exact) mass is 231 g/mol. The van der Waals surface area contributed by atoms with Gasteiger partial charge in [0.1, 0.15) is 12.4 Å². The summed E-state index contributed by atoms with van der Waals surface area (Å²) in [6.07, 6.45) is 8.63. The van der Waals surface area contributed by atoms with E-state index in [4.69, 9.17) is 0 Å². The molecule has 0 aromatic heterocycles. The summed E-state index contributed by atoms with van der Waals surface area (Å²) in [4.78, 5) is 2.31. The Morgan fingerprint density at radius 3 is 3.00 bits per heavy atom. The van der Waals surface area contributed by atoms with Crippen molar-refractivity contribution in [3.63, 3.8) is 0 Å². The van der Waals surface area contributed by atoms with Crippen LogP contribution in [0, 0.1) is 0 Å². The number of nitrogens with zero attached hydrogens (tertiary/aromatic N) is 2. The van der Waals surface area contributed by atoms with Gasteiger partial charge in [0.15, 0.2) is 6.67 Å². The molecule has 0 fully saturated rings. The van der Waals surface area contributed by atoms with Crippen LogP contribution >= 0.6 is 16.1 Å². The third-order valence-corrected chi connectivity index (χ3v) is 2.78. The van der Waals surface area contributed by atoms with Crippen molar-refractivity contribution in [2.24, 2.45) is 0 Å². The molecule has 0 amide bonds. The molecule has 0 saturated heterocycles. The van der Waals surface area contributed by atoms with Gasteiger partial charge in [0, 0.05) is 6.54 Å². The second-order valence-corrected chi connectivity index (χ2v) is 4.44. The second-order valence-electron chi connectivity index (χ2n) is 3.12. The molecule has 0 spiro atoms. The van der Waals surface area contributed by atoms with Gasteiger partial charge in [-0.05, 0) is 13.0 Å². The summed E-state index contributed by atoms with van der Waals surface area (Å²) in [5, 5.41) is 0. The molecule has 0 N–H and O–H groups in total. The Hall–Kier alpha value is -0.280. The van der Waals surface area contributed by atoms with Gasteiger partial charge in [-0.3, -0.25) is 0 Å². The highest BCUT2D eigenvalue weighted by molar-refractivity contribution is 9.05. The summed E-state index contributed by atoms with van der Waals surface area (Å²) in [5.41, 5.74) is 0. The quantitative estimate of drug-likeness (QED) is 0.673. The van der Waals surface area contributed by atoms with Crippen LogP contribution in [0.5, 0.6) is 0 Å². The average molecular weight is 232 g/mol. The predicted octanol–water partition coefficient (Wildman–Crippen LogP) is 2.80. The van der Waals surface area contributed by atoms with Gasteiger partial charge in [0.25, 0.3) is 0 Å². The smallest absolute Gasteiger partial charge is 0.240 e. The van der Waals surface area contributed by atoms with Crippen molar-refractivity contribution in [3.8, 4) is 0 Å².